The molecule has 0 radical (unpaired) electrons. The highest BCUT2D eigenvalue weighted by Crippen LogP contribution is 2.17. The van der Waals surface area contributed by atoms with Crippen LogP contribution in [0.5, 0.6) is 0 Å². The van der Waals surface area contributed by atoms with Crippen LogP contribution in [0.2, 0.25) is 0 Å². The van der Waals surface area contributed by atoms with Gasteiger partial charge in [-0.15, -0.1) is 0 Å². The highest BCUT2D eigenvalue weighted by molar-refractivity contribution is 5.16. The fourth-order valence-corrected chi connectivity index (χ4v) is 2.35. The second-order valence-electron chi connectivity index (χ2n) is 5.97. The Balaban J connectivity index is 2.13. The van der Waals surface area contributed by atoms with Crippen molar-refractivity contribution >= 4 is 0 Å². The first-order chi connectivity index (χ1) is 8.58. The third-order valence-corrected chi connectivity index (χ3v) is 3.48. The van der Waals surface area contributed by atoms with Crippen LogP contribution < -0.4 is 0 Å². The Bertz CT molecular complexity index is 313. The second-order valence-corrected chi connectivity index (χ2v) is 5.97. The van der Waals surface area contributed by atoms with Crippen LogP contribution in [0.3, 0.4) is 0 Å². The van der Waals surface area contributed by atoms with Gasteiger partial charge in [0.25, 0.3) is 0 Å². The zero-order valence-corrected chi connectivity index (χ0v) is 12.1. The van der Waals surface area contributed by atoms with Crippen molar-refractivity contribution in [3.8, 4) is 0 Å². The van der Waals surface area contributed by atoms with Crippen LogP contribution in [0.15, 0.2) is 24.3 Å². The lowest BCUT2D eigenvalue weighted by molar-refractivity contribution is 0.465. The fourth-order valence-electron chi connectivity index (χ4n) is 2.35. The lowest BCUT2D eigenvalue weighted by Crippen LogP contribution is -2.00. The predicted molar refractivity (Wildman–Crippen MR) is 77.2 cm³/mol. The van der Waals surface area contributed by atoms with E-state index in [1.807, 2.05) is 12.1 Å². The van der Waals surface area contributed by atoms with Gasteiger partial charge in [-0.25, -0.2) is 4.39 Å². The first kappa shape index (κ1) is 15.2. The summed E-state index contributed by atoms with van der Waals surface area (Å²) in [4.78, 5) is 0. The van der Waals surface area contributed by atoms with Crippen molar-refractivity contribution in [3.63, 3.8) is 0 Å². The van der Waals surface area contributed by atoms with Crippen molar-refractivity contribution in [3.05, 3.63) is 35.6 Å². The number of unbranched alkanes of at least 4 members (excludes halogenated alkanes) is 2. The average Bonchev–Trinajstić information content (AvgIpc) is 2.31. The molecule has 0 bridgehead atoms. The summed E-state index contributed by atoms with van der Waals surface area (Å²) in [5.41, 5.74) is 1.26. The minimum absolute atomic E-state index is 0.139. The fraction of sp³-hybridized carbons (Fsp3) is 0.647. The standard InChI is InChI=1S/C17H27F/c1-14(2)7-5-4-6-8-15(3)13-16-9-11-17(18)12-10-16/h9-12,14-15H,4-8,13H2,1-3H3. The molecule has 0 amide bonds. The quantitative estimate of drug-likeness (QED) is 0.526. The topological polar surface area (TPSA) is 0 Å². The van der Waals surface area contributed by atoms with Gasteiger partial charge < -0.3 is 0 Å². The molecule has 0 heterocycles. The summed E-state index contributed by atoms with van der Waals surface area (Å²) in [5.74, 6) is 1.40. The van der Waals surface area contributed by atoms with Crippen LogP contribution in [-0.4, -0.2) is 0 Å². The minimum Gasteiger partial charge on any atom is -0.207 e. The van der Waals surface area contributed by atoms with Crippen molar-refractivity contribution < 1.29 is 4.39 Å². The molecule has 1 aromatic rings. The highest BCUT2D eigenvalue weighted by atomic mass is 19.1. The van der Waals surface area contributed by atoms with Crippen molar-refractivity contribution in [2.45, 2.75) is 59.3 Å². The Kier molecular flexibility index (Phi) is 7.00. The van der Waals surface area contributed by atoms with Crippen LogP contribution >= 0.6 is 0 Å². The maximum absolute atomic E-state index is 12.8. The molecular weight excluding hydrogens is 223 g/mol. The van der Waals surface area contributed by atoms with Gasteiger partial charge in [-0.2, -0.15) is 0 Å². The number of rotatable bonds is 8. The van der Waals surface area contributed by atoms with Crippen LogP contribution in [0.1, 0.15) is 58.4 Å². The van der Waals surface area contributed by atoms with E-state index >= 15 is 0 Å². The van der Waals surface area contributed by atoms with Gasteiger partial charge in [0, 0.05) is 0 Å². The minimum atomic E-state index is -0.139. The zero-order valence-electron chi connectivity index (χ0n) is 12.1. The van der Waals surface area contributed by atoms with E-state index in [4.69, 9.17) is 0 Å². The molecule has 0 aliphatic heterocycles. The van der Waals surface area contributed by atoms with Crippen LogP contribution in [0, 0.1) is 17.7 Å². The van der Waals surface area contributed by atoms with E-state index in [2.05, 4.69) is 20.8 Å². The maximum atomic E-state index is 12.8. The summed E-state index contributed by atoms with van der Waals surface area (Å²) in [6.45, 7) is 6.88. The van der Waals surface area contributed by atoms with E-state index in [1.165, 1.54) is 37.7 Å². The molecule has 1 heteroatoms. The predicted octanol–water partition coefficient (Wildman–Crippen LogP) is 5.61. The molecule has 0 saturated carbocycles. The molecule has 102 valence electrons. The van der Waals surface area contributed by atoms with Crippen molar-refractivity contribution in [1.29, 1.82) is 0 Å². The van der Waals surface area contributed by atoms with Gasteiger partial charge in [-0.3, -0.25) is 0 Å². The number of hydrogen-bond donors (Lipinski definition) is 0. The highest BCUT2D eigenvalue weighted by Gasteiger charge is 2.04. The van der Waals surface area contributed by atoms with Gasteiger partial charge in [0.1, 0.15) is 5.82 Å². The first-order valence-electron chi connectivity index (χ1n) is 7.32. The number of benzene rings is 1. The van der Waals surface area contributed by atoms with Crippen LogP contribution in [0.25, 0.3) is 0 Å². The Morgan fingerprint density at radius 1 is 0.889 bits per heavy atom. The third kappa shape index (κ3) is 6.78. The molecule has 0 aliphatic carbocycles. The van der Waals surface area contributed by atoms with Gasteiger partial charge in [-0.1, -0.05) is 65.0 Å². The summed E-state index contributed by atoms with van der Waals surface area (Å²) in [6, 6.07) is 6.94. The molecule has 0 spiro atoms. The molecule has 18 heavy (non-hydrogen) atoms. The first-order valence-corrected chi connectivity index (χ1v) is 7.32. The van der Waals surface area contributed by atoms with Crippen molar-refractivity contribution in [2.75, 3.05) is 0 Å². The Hall–Kier alpha value is -0.850. The summed E-state index contributed by atoms with van der Waals surface area (Å²) in [5, 5.41) is 0. The summed E-state index contributed by atoms with van der Waals surface area (Å²) in [6.07, 6.45) is 7.76. The Morgan fingerprint density at radius 3 is 2.11 bits per heavy atom. The SMILES string of the molecule is CC(C)CCCCCC(C)Cc1ccc(F)cc1. The van der Waals surface area contributed by atoms with Crippen molar-refractivity contribution in [2.24, 2.45) is 11.8 Å². The van der Waals surface area contributed by atoms with Crippen LogP contribution in [0.4, 0.5) is 4.39 Å². The molecule has 1 unspecified atom stereocenters. The largest absolute Gasteiger partial charge is 0.207 e. The molecule has 0 aliphatic rings. The molecule has 0 nitrogen and oxygen atoms in total. The molecule has 1 rings (SSSR count). The van der Waals surface area contributed by atoms with E-state index in [-0.39, 0.29) is 5.82 Å². The van der Waals surface area contributed by atoms with Crippen LogP contribution in [-0.2, 0) is 6.42 Å². The van der Waals surface area contributed by atoms with Gasteiger partial charge in [0.2, 0.25) is 0 Å². The average molecular weight is 250 g/mol. The van der Waals surface area contributed by atoms with E-state index in [9.17, 15) is 4.39 Å². The normalized spacial score (nSPS) is 12.9. The van der Waals surface area contributed by atoms with Gasteiger partial charge in [0.15, 0.2) is 0 Å². The molecule has 1 atom stereocenters. The Labute approximate surface area is 112 Å². The molecule has 0 saturated heterocycles. The molecule has 0 N–H and O–H groups in total. The zero-order chi connectivity index (χ0) is 13.4. The van der Waals surface area contributed by atoms with E-state index in [0.717, 1.165) is 12.3 Å². The lowest BCUT2D eigenvalue weighted by atomic mass is 9.94. The summed E-state index contributed by atoms with van der Waals surface area (Å²) >= 11 is 0. The molecular formula is C17H27F. The van der Waals surface area contributed by atoms with E-state index in [1.54, 1.807) is 12.1 Å². The van der Waals surface area contributed by atoms with Gasteiger partial charge >= 0.3 is 0 Å². The second kappa shape index (κ2) is 8.29. The van der Waals surface area contributed by atoms with Crippen molar-refractivity contribution in [1.82, 2.24) is 0 Å². The van der Waals surface area contributed by atoms with Gasteiger partial charge in [-0.05, 0) is 36.0 Å². The van der Waals surface area contributed by atoms with Gasteiger partial charge in [0.05, 0.1) is 0 Å². The number of hydrogen-bond acceptors (Lipinski definition) is 0. The third-order valence-electron chi connectivity index (χ3n) is 3.48. The number of halogens is 1. The monoisotopic (exact) mass is 250 g/mol. The molecule has 0 aromatic heterocycles. The van der Waals surface area contributed by atoms with E-state index in [0.29, 0.717) is 5.92 Å². The molecule has 1 aromatic carbocycles. The maximum Gasteiger partial charge on any atom is 0.123 e. The molecule has 0 fully saturated rings. The summed E-state index contributed by atoms with van der Waals surface area (Å²) < 4.78 is 12.8. The summed E-state index contributed by atoms with van der Waals surface area (Å²) in [7, 11) is 0. The smallest absolute Gasteiger partial charge is 0.123 e. The van der Waals surface area contributed by atoms with E-state index < -0.39 is 0 Å². The lowest BCUT2D eigenvalue weighted by Gasteiger charge is -2.11. The Morgan fingerprint density at radius 2 is 1.50 bits per heavy atom.